The third-order valence-corrected chi connectivity index (χ3v) is 3.66. The Bertz CT molecular complexity index is 784. The van der Waals surface area contributed by atoms with Gasteiger partial charge in [0.2, 0.25) is 5.88 Å². The number of rotatable bonds is 3. The number of aromatic nitrogens is 1. The molecule has 1 heterocycles. The van der Waals surface area contributed by atoms with Crippen molar-refractivity contribution in [1.29, 1.82) is 0 Å². The van der Waals surface area contributed by atoms with Gasteiger partial charge >= 0.3 is 6.18 Å². The quantitative estimate of drug-likeness (QED) is 0.492. The standard InChI is InChI=1S/C13H7BrClF3N2O3/c1-6-11(20(21)22)5-9(14)12(19-6)23-7-2-3-10(15)8(4-7)13(16,17)18/h2-5H,1H3. The van der Waals surface area contributed by atoms with Crippen molar-refractivity contribution in [1.82, 2.24) is 4.98 Å². The molecule has 2 rings (SSSR count). The van der Waals surface area contributed by atoms with E-state index < -0.39 is 21.7 Å². The van der Waals surface area contributed by atoms with E-state index in [4.69, 9.17) is 16.3 Å². The summed E-state index contributed by atoms with van der Waals surface area (Å²) in [4.78, 5) is 14.1. The topological polar surface area (TPSA) is 65.3 Å². The number of alkyl halides is 3. The Morgan fingerprint density at radius 3 is 2.57 bits per heavy atom. The van der Waals surface area contributed by atoms with Crippen LogP contribution in [0.4, 0.5) is 18.9 Å². The molecule has 0 saturated heterocycles. The van der Waals surface area contributed by atoms with Crippen LogP contribution in [0.25, 0.3) is 0 Å². The lowest BCUT2D eigenvalue weighted by molar-refractivity contribution is -0.385. The maximum absolute atomic E-state index is 12.8. The fourth-order valence-electron chi connectivity index (χ4n) is 1.70. The summed E-state index contributed by atoms with van der Waals surface area (Å²) in [7, 11) is 0. The van der Waals surface area contributed by atoms with Crippen molar-refractivity contribution in [2.24, 2.45) is 0 Å². The van der Waals surface area contributed by atoms with Gasteiger partial charge in [0.15, 0.2) is 0 Å². The smallest absolute Gasteiger partial charge is 0.417 e. The molecule has 0 spiro atoms. The van der Waals surface area contributed by atoms with E-state index in [0.717, 1.165) is 18.2 Å². The number of pyridine rings is 1. The molecule has 2 aromatic rings. The second-order valence-electron chi connectivity index (χ2n) is 4.38. The summed E-state index contributed by atoms with van der Waals surface area (Å²) >= 11 is 8.56. The molecule has 1 aromatic carbocycles. The van der Waals surface area contributed by atoms with Crippen LogP contribution in [0, 0.1) is 17.0 Å². The highest BCUT2D eigenvalue weighted by molar-refractivity contribution is 9.10. The van der Waals surface area contributed by atoms with E-state index in [-0.39, 0.29) is 27.5 Å². The van der Waals surface area contributed by atoms with Gasteiger partial charge in [-0.25, -0.2) is 4.98 Å². The predicted molar refractivity (Wildman–Crippen MR) is 79.9 cm³/mol. The van der Waals surface area contributed by atoms with Gasteiger partial charge in [0.25, 0.3) is 5.69 Å². The van der Waals surface area contributed by atoms with Crippen molar-refractivity contribution in [3.8, 4) is 11.6 Å². The molecule has 1 aromatic heterocycles. The van der Waals surface area contributed by atoms with Gasteiger partial charge in [0, 0.05) is 6.07 Å². The molecule has 0 fully saturated rings. The Kier molecular flexibility index (Phi) is 4.81. The minimum atomic E-state index is -4.63. The van der Waals surface area contributed by atoms with Gasteiger partial charge in [0.1, 0.15) is 11.4 Å². The van der Waals surface area contributed by atoms with Crippen LogP contribution in [0.3, 0.4) is 0 Å². The molecule has 0 amide bonds. The molecule has 0 saturated carbocycles. The minimum absolute atomic E-state index is 0.0678. The zero-order valence-corrected chi connectivity index (χ0v) is 13.7. The molecule has 0 aliphatic rings. The molecule has 5 nitrogen and oxygen atoms in total. The van der Waals surface area contributed by atoms with Crippen LogP contribution in [0.1, 0.15) is 11.3 Å². The van der Waals surface area contributed by atoms with E-state index in [1.807, 2.05) is 0 Å². The lowest BCUT2D eigenvalue weighted by atomic mass is 10.2. The first kappa shape index (κ1) is 17.5. The minimum Gasteiger partial charge on any atom is -0.438 e. The largest absolute Gasteiger partial charge is 0.438 e. The van der Waals surface area contributed by atoms with Crippen LogP contribution in [-0.4, -0.2) is 9.91 Å². The Balaban J connectivity index is 2.40. The van der Waals surface area contributed by atoms with Crippen molar-refractivity contribution < 1.29 is 22.8 Å². The third kappa shape index (κ3) is 3.91. The Hall–Kier alpha value is -1.87. The summed E-state index contributed by atoms with van der Waals surface area (Å²) < 4.78 is 43.9. The van der Waals surface area contributed by atoms with Crippen molar-refractivity contribution in [2.75, 3.05) is 0 Å². The molecule has 0 N–H and O–H groups in total. The number of ether oxygens (including phenoxy) is 1. The SMILES string of the molecule is Cc1nc(Oc2ccc(Cl)c(C(F)(F)F)c2)c(Br)cc1[N+](=O)[O-]. The summed E-state index contributed by atoms with van der Waals surface area (Å²) in [6, 6.07) is 4.18. The first-order chi connectivity index (χ1) is 10.6. The molecule has 122 valence electrons. The van der Waals surface area contributed by atoms with Gasteiger partial charge < -0.3 is 4.74 Å². The van der Waals surface area contributed by atoms with Crippen LogP contribution in [-0.2, 0) is 6.18 Å². The number of benzene rings is 1. The van der Waals surface area contributed by atoms with E-state index in [0.29, 0.717) is 0 Å². The molecular formula is C13H7BrClF3N2O3. The molecule has 0 radical (unpaired) electrons. The number of nitro groups is 1. The van der Waals surface area contributed by atoms with E-state index in [1.54, 1.807) is 0 Å². The first-order valence-corrected chi connectivity index (χ1v) is 7.13. The van der Waals surface area contributed by atoms with Crippen molar-refractivity contribution in [2.45, 2.75) is 13.1 Å². The highest BCUT2D eigenvalue weighted by atomic mass is 79.9. The zero-order chi connectivity index (χ0) is 17.4. The lowest BCUT2D eigenvalue weighted by Crippen LogP contribution is -2.06. The van der Waals surface area contributed by atoms with Crippen molar-refractivity contribution in [3.63, 3.8) is 0 Å². The van der Waals surface area contributed by atoms with E-state index in [1.165, 1.54) is 13.0 Å². The average molecular weight is 412 g/mol. The summed E-state index contributed by atoms with van der Waals surface area (Å²) in [6.45, 7) is 1.39. The second kappa shape index (κ2) is 6.32. The number of halogens is 5. The number of aryl methyl sites for hydroxylation is 1. The molecule has 0 bridgehead atoms. The van der Waals surface area contributed by atoms with Gasteiger partial charge in [-0.2, -0.15) is 13.2 Å². The summed E-state index contributed by atoms with van der Waals surface area (Å²) in [5, 5.41) is 10.3. The molecule has 23 heavy (non-hydrogen) atoms. The van der Waals surface area contributed by atoms with E-state index in [2.05, 4.69) is 20.9 Å². The predicted octanol–water partition coefficient (Wildman–Crippen LogP) is 5.53. The molecule has 0 atom stereocenters. The number of hydrogen-bond acceptors (Lipinski definition) is 4. The van der Waals surface area contributed by atoms with Gasteiger partial charge in [-0.05, 0) is 41.1 Å². The molecular weight excluding hydrogens is 405 g/mol. The third-order valence-electron chi connectivity index (χ3n) is 2.76. The van der Waals surface area contributed by atoms with Gasteiger partial charge in [-0.3, -0.25) is 10.1 Å². The fourth-order valence-corrected chi connectivity index (χ4v) is 2.31. The van der Waals surface area contributed by atoms with Crippen LogP contribution < -0.4 is 4.74 Å². The lowest BCUT2D eigenvalue weighted by Gasteiger charge is -2.12. The monoisotopic (exact) mass is 410 g/mol. The highest BCUT2D eigenvalue weighted by Crippen LogP contribution is 2.38. The molecule has 0 unspecified atom stereocenters. The normalized spacial score (nSPS) is 11.4. The van der Waals surface area contributed by atoms with Gasteiger partial charge in [-0.1, -0.05) is 11.6 Å². The molecule has 10 heteroatoms. The van der Waals surface area contributed by atoms with E-state index >= 15 is 0 Å². The van der Waals surface area contributed by atoms with Crippen molar-refractivity contribution in [3.05, 3.63) is 55.1 Å². The Labute approximate surface area is 141 Å². The molecule has 0 aliphatic heterocycles. The van der Waals surface area contributed by atoms with Crippen LogP contribution in [0.15, 0.2) is 28.7 Å². The van der Waals surface area contributed by atoms with Crippen LogP contribution in [0.2, 0.25) is 5.02 Å². The van der Waals surface area contributed by atoms with Gasteiger partial charge in [-0.15, -0.1) is 0 Å². The summed E-state index contributed by atoms with van der Waals surface area (Å²) in [5.41, 5.74) is -1.22. The first-order valence-electron chi connectivity index (χ1n) is 5.95. The number of hydrogen-bond donors (Lipinski definition) is 0. The summed E-state index contributed by atoms with van der Waals surface area (Å²) in [6.07, 6.45) is -4.63. The van der Waals surface area contributed by atoms with Crippen LogP contribution >= 0.6 is 27.5 Å². The maximum Gasteiger partial charge on any atom is 0.417 e. The average Bonchev–Trinajstić information content (AvgIpc) is 2.43. The Morgan fingerprint density at radius 1 is 1.35 bits per heavy atom. The summed E-state index contributed by atoms with van der Waals surface area (Å²) in [5.74, 6) is -0.244. The highest BCUT2D eigenvalue weighted by Gasteiger charge is 2.33. The number of nitrogens with zero attached hydrogens (tertiary/aromatic N) is 2. The van der Waals surface area contributed by atoms with Crippen LogP contribution in [0.5, 0.6) is 11.6 Å². The van der Waals surface area contributed by atoms with Crippen molar-refractivity contribution >= 4 is 33.2 Å². The second-order valence-corrected chi connectivity index (χ2v) is 5.64. The van der Waals surface area contributed by atoms with E-state index in [9.17, 15) is 23.3 Å². The van der Waals surface area contributed by atoms with Gasteiger partial charge in [0.05, 0.1) is 20.0 Å². The molecule has 0 aliphatic carbocycles. The Morgan fingerprint density at radius 2 is 2.00 bits per heavy atom. The zero-order valence-electron chi connectivity index (χ0n) is 11.3. The fraction of sp³-hybridized carbons (Fsp3) is 0.154. The maximum atomic E-state index is 12.8.